The van der Waals surface area contributed by atoms with Crippen molar-refractivity contribution in [3.8, 4) is 23.5 Å². The van der Waals surface area contributed by atoms with Crippen LogP contribution in [0.25, 0.3) is 11.1 Å². The molecular weight excluding hydrogens is 410 g/mol. The van der Waals surface area contributed by atoms with Gasteiger partial charge in [0.15, 0.2) is 11.5 Å². The lowest BCUT2D eigenvalue weighted by molar-refractivity contribution is -0.143. The van der Waals surface area contributed by atoms with Gasteiger partial charge in [-0.1, -0.05) is 36.3 Å². The molecule has 1 heterocycles. The number of anilines is 1. The molecule has 0 fully saturated rings. The fraction of sp³-hybridized carbons (Fsp3) is 0.105. The zero-order valence-electron chi connectivity index (χ0n) is 14.6. The monoisotopic (exact) mass is 423 g/mol. The summed E-state index contributed by atoms with van der Waals surface area (Å²) >= 11 is 0. The average Bonchev–Trinajstić information content (AvgIpc) is 3.01. The fourth-order valence-electron chi connectivity index (χ4n) is 2.70. The Labute approximate surface area is 164 Å². The first-order valence-corrected chi connectivity index (χ1v) is 9.57. The first-order chi connectivity index (χ1) is 13.6. The maximum atomic E-state index is 13.8. The summed E-state index contributed by atoms with van der Waals surface area (Å²) in [5.74, 6) is 0.826. The predicted molar refractivity (Wildman–Crippen MR) is 98.7 cm³/mol. The van der Waals surface area contributed by atoms with Gasteiger partial charge >= 0.3 is 6.18 Å². The maximum Gasteiger partial charge on any atom is 0.433 e. The second kappa shape index (κ2) is 7.60. The summed E-state index contributed by atoms with van der Waals surface area (Å²) in [5.41, 5.74) is -1.87. The van der Waals surface area contributed by atoms with E-state index in [0.29, 0.717) is 4.68 Å². The third-order valence-electron chi connectivity index (χ3n) is 3.88. The molecule has 0 aliphatic carbocycles. The number of nitrogens with one attached hydrogen (secondary N) is 1. The number of halogens is 4. The highest BCUT2D eigenvalue weighted by Crippen LogP contribution is 2.41. The van der Waals surface area contributed by atoms with Crippen LogP contribution in [-0.4, -0.2) is 18.2 Å². The molecule has 0 amide bonds. The minimum absolute atomic E-state index is 0.0761. The molecule has 0 saturated carbocycles. The summed E-state index contributed by atoms with van der Waals surface area (Å²) in [5, 5.41) is 3.75. The van der Waals surface area contributed by atoms with E-state index in [0.717, 1.165) is 24.3 Å². The van der Waals surface area contributed by atoms with Crippen molar-refractivity contribution in [3.63, 3.8) is 0 Å². The molecular formula is C19H13F4N3O2S. The van der Waals surface area contributed by atoms with Crippen molar-refractivity contribution < 1.29 is 26.0 Å². The Balaban J connectivity index is 2.23. The molecule has 5 nitrogen and oxygen atoms in total. The number of rotatable bonds is 5. The van der Waals surface area contributed by atoms with Gasteiger partial charge in [-0.15, -0.1) is 6.42 Å². The first-order valence-electron chi connectivity index (χ1n) is 8.09. The highest BCUT2D eigenvalue weighted by molar-refractivity contribution is 7.92. The van der Waals surface area contributed by atoms with Gasteiger partial charge in [0.2, 0.25) is 0 Å². The van der Waals surface area contributed by atoms with Crippen molar-refractivity contribution in [3.05, 3.63) is 66.1 Å². The number of terminal acetylenes is 1. The van der Waals surface area contributed by atoms with E-state index in [9.17, 15) is 26.0 Å². The van der Waals surface area contributed by atoms with E-state index in [1.165, 1.54) is 24.3 Å². The average molecular weight is 423 g/mol. The van der Waals surface area contributed by atoms with Gasteiger partial charge in [-0.25, -0.2) is 17.5 Å². The Morgan fingerprint density at radius 2 is 1.69 bits per heavy atom. The Morgan fingerprint density at radius 1 is 1.07 bits per heavy atom. The molecule has 10 heteroatoms. The molecule has 0 bridgehead atoms. The lowest BCUT2D eigenvalue weighted by atomic mass is 10.0. The number of alkyl halides is 3. The number of hydrogen-bond donors (Lipinski definition) is 1. The molecule has 150 valence electrons. The number of aromatic nitrogens is 2. The van der Waals surface area contributed by atoms with Crippen LogP contribution in [0.1, 0.15) is 5.69 Å². The van der Waals surface area contributed by atoms with E-state index in [1.807, 2.05) is 0 Å². The minimum atomic E-state index is -4.90. The number of sulfonamides is 1. The Hall–Kier alpha value is -3.32. The number of hydrogen-bond acceptors (Lipinski definition) is 3. The summed E-state index contributed by atoms with van der Waals surface area (Å²) in [6.07, 6.45) is 0.244. The van der Waals surface area contributed by atoms with Crippen molar-refractivity contribution in [2.45, 2.75) is 17.6 Å². The molecule has 0 aliphatic heterocycles. The van der Waals surface area contributed by atoms with Crippen LogP contribution in [0.5, 0.6) is 0 Å². The molecule has 0 atom stereocenters. The van der Waals surface area contributed by atoms with E-state index in [-0.39, 0.29) is 10.5 Å². The number of nitrogens with zero attached hydrogens (tertiary/aromatic N) is 2. The SMILES string of the molecule is C#CCn1nc(NS(=O)(=O)c2ccccc2)c(-c2ccc(F)cc2)c1C(F)(F)F. The topological polar surface area (TPSA) is 64.0 Å². The predicted octanol–water partition coefficient (Wildman–Crippen LogP) is 4.14. The number of benzene rings is 2. The van der Waals surface area contributed by atoms with Crippen molar-refractivity contribution in [1.29, 1.82) is 0 Å². The van der Waals surface area contributed by atoms with Crippen LogP contribution >= 0.6 is 0 Å². The normalized spacial score (nSPS) is 11.8. The molecule has 1 aromatic heterocycles. The molecule has 0 unspecified atom stereocenters. The summed E-state index contributed by atoms with van der Waals surface area (Å²) in [7, 11) is -4.23. The van der Waals surface area contributed by atoms with Crippen LogP contribution in [0.4, 0.5) is 23.4 Å². The summed E-state index contributed by atoms with van der Waals surface area (Å²) in [6.45, 7) is -0.546. The van der Waals surface area contributed by atoms with E-state index in [1.54, 1.807) is 6.07 Å². The minimum Gasteiger partial charge on any atom is -0.261 e. The second-order valence-corrected chi connectivity index (χ2v) is 7.54. The van der Waals surface area contributed by atoms with Crippen molar-refractivity contribution in [2.24, 2.45) is 0 Å². The van der Waals surface area contributed by atoms with Crippen LogP contribution in [0, 0.1) is 18.2 Å². The van der Waals surface area contributed by atoms with E-state index in [4.69, 9.17) is 6.42 Å². The zero-order valence-corrected chi connectivity index (χ0v) is 15.4. The lowest BCUT2D eigenvalue weighted by Gasteiger charge is -2.12. The lowest BCUT2D eigenvalue weighted by Crippen LogP contribution is -2.15. The van der Waals surface area contributed by atoms with Gasteiger partial charge in [-0.2, -0.15) is 18.3 Å². The van der Waals surface area contributed by atoms with E-state index >= 15 is 0 Å². The van der Waals surface area contributed by atoms with Crippen LogP contribution in [-0.2, 0) is 22.7 Å². The summed E-state index contributed by atoms with van der Waals surface area (Å²) in [4.78, 5) is -0.162. The van der Waals surface area contributed by atoms with Crippen LogP contribution in [0.3, 0.4) is 0 Å². The van der Waals surface area contributed by atoms with Crippen molar-refractivity contribution in [1.82, 2.24) is 9.78 Å². The second-order valence-electron chi connectivity index (χ2n) is 5.86. The van der Waals surface area contributed by atoms with Gasteiger partial charge in [0.25, 0.3) is 10.0 Å². The van der Waals surface area contributed by atoms with E-state index < -0.39 is 45.6 Å². The Kier molecular flexibility index (Phi) is 5.35. The molecule has 0 saturated heterocycles. The molecule has 3 aromatic rings. The highest BCUT2D eigenvalue weighted by atomic mass is 32.2. The summed E-state index contributed by atoms with van der Waals surface area (Å²) in [6, 6.07) is 11.2. The molecule has 0 spiro atoms. The molecule has 2 aromatic carbocycles. The maximum absolute atomic E-state index is 13.8. The fourth-order valence-corrected chi connectivity index (χ4v) is 3.73. The third-order valence-corrected chi connectivity index (χ3v) is 5.23. The smallest absolute Gasteiger partial charge is 0.261 e. The first kappa shape index (κ1) is 20.4. The van der Waals surface area contributed by atoms with Gasteiger partial charge in [-0.05, 0) is 29.8 Å². The largest absolute Gasteiger partial charge is 0.433 e. The molecule has 29 heavy (non-hydrogen) atoms. The van der Waals surface area contributed by atoms with Crippen molar-refractivity contribution in [2.75, 3.05) is 4.72 Å². The van der Waals surface area contributed by atoms with Gasteiger partial charge in [0.05, 0.1) is 10.5 Å². The van der Waals surface area contributed by atoms with Crippen LogP contribution < -0.4 is 4.72 Å². The van der Waals surface area contributed by atoms with Gasteiger partial charge in [0, 0.05) is 0 Å². The van der Waals surface area contributed by atoms with Gasteiger partial charge in [0.1, 0.15) is 12.4 Å². The van der Waals surface area contributed by atoms with Crippen molar-refractivity contribution >= 4 is 15.8 Å². The zero-order chi connectivity index (χ0) is 21.2. The van der Waals surface area contributed by atoms with Gasteiger partial charge in [-0.3, -0.25) is 4.72 Å². The highest BCUT2D eigenvalue weighted by Gasteiger charge is 2.41. The summed E-state index contributed by atoms with van der Waals surface area (Å²) < 4.78 is 82.5. The van der Waals surface area contributed by atoms with Crippen LogP contribution in [0.2, 0.25) is 0 Å². The molecule has 1 N–H and O–H groups in total. The molecule has 0 aliphatic rings. The molecule has 3 rings (SSSR count). The third kappa shape index (κ3) is 4.25. The Morgan fingerprint density at radius 3 is 2.24 bits per heavy atom. The standard InChI is InChI=1S/C19H13F4N3O2S/c1-2-12-26-17(19(21,22)23)16(13-8-10-14(20)11-9-13)18(24-26)25-29(27,28)15-6-4-3-5-7-15/h1,3-11H,12H2,(H,24,25). The van der Waals surface area contributed by atoms with Crippen LogP contribution in [0.15, 0.2) is 59.5 Å². The quantitative estimate of drug-likeness (QED) is 0.496. The molecule has 0 radical (unpaired) electrons. The van der Waals surface area contributed by atoms with Gasteiger partial charge < -0.3 is 0 Å². The van der Waals surface area contributed by atoms with E-state index in [2.05, 4.69) is 15.7 Å². The Bertz CT molecular complexity index is 1160.